The summed E-state index contributed by atoms with van der Waals surface area (Å²) < 4.78 is 0. The van der Waals surface area contributed by atoms with Crippen molar-refractivity contribution < 1.29 is 0 Å². The van der Waals surface area contributed by atoms with Gasteiger partial charge >= 0.3 is 0 Å². The average molecular weight is 214 g/mol. The van der Waals surface area contributed by atoms with Crippen LogP contribution in [0, 0.1) is 11.8 Å². The van der Waals surface area contributed by atoms with Gasteiger partial charge in [0.15, 0.2) is 0 Å². The molecule has 0 bridgehead atoms. The van der Waals surface area contributed by atoms with Crippen molar-refractivity contribution in [3.8, 4) is 0 Å². The third-order valence-electron chi connectivity index (χ3n) is 3.74. The molecule has 0 spiro atoms. The zero-order valence-electron chi connectivity index (χ0n) is 9.39. The summed E-state index contributed by atoms with van der Waals surface area (Å²) in [5.74, 6) is 3.19. The van der Waals surface area contributed by atoms with E-state index in [2.05, 4.69) is 41.7 Å². The normalized spacial score (nSPS) is 32.0. The van der Waals surface area contributed by atoms with Crippen LogP contribution in [-0.4, -0.2) is 6.54 Å². The topological polar surface area (TPSA) is 38.0 Å². The highest BCUT2D eigenvalue weighted by Crippen LogP contribution is 2.51. The van der Waals surface area contributed by atoms with E-state index in [1.807, 2.05) is 0 Å². The smallest absolute Gasteiger partial charge is 0.0922 e. The maximum absolute atomic E-state index is 5.72. The molecule has 3 N–H and O–H groups in total. The largest absolute Gasteiger partial charge is 0.386 e. The van der Waals surface area contributed by atoms with Gasteiger partial charge < -0.3 is 11.1 Å². The van der Waals surface area contributed by atoms with Crippen molar-refractivity contribution in [3.63, 3.8) is 0 Å². The Balaban J connectivity index is 1.57. The quantitative estimate of drug-likeness (QED) is 0.809. The van der Waals surface area contributed by atoms with Crippen molar-refractivity contribution in [3.05, 3.63) is 47.8 Å². The molecule has 0 saturated heterocycles. The molecule has 0 aromatic heterocycles. The van der Waals surface area contributed by atoms with Crippen molar-refractivity contribution in [1.29, 1.82) is 0 Å². The standard InChI is InChI=1S/C14H18N2/c15-14-7-10(9-16-14)6-12-8-13(12)11-4-2-1-3-5-11/h1-5,7,10,12-13,16H,6,8-9,15H2/t10-,12?,13?/m0/s1. The minimum Gasteiger partial charge on any atom is -0.386 e. The average Bonchev–Trinajstić information content (AvgIpc) is 2.95. The van der Waals surface area contributed by atoms with Crippen LogP contribution in [0.1, 0.15) is 24.3 Å². The van der Waals surface area contributed by atoms with Gasteiger partial charge in [-0.3, -0.25) is 0 Å². The summed E-state index contributed by atoms with van der Waals surface area (Å²) in [4.78, 5) is 0. The van der Waals surface area contributed by atoms with Crippen molar-refractivity contribution in [2.24, 2.45) is 17.6 Å². The monoisotopic (exact) mass is 214 g/mol. The maximum Gasteiger partial charge on any atom is 0.0922 e. The summed E-state index contributed by atoms with van der Waals surface area (Å²) in [7, 11) is 0. The van der Waals surface area contributed by atoms with Crippen LogP contribution in [-0.2, 0) is 0 Å². The molecule has 1 aromatic carbocycles. The molecular weight excluding hydrogens is 196 g/mol. The summed E-state index contributed by atoms with van der Waals surface area (Å²) in [5.41, 5.74) is 7.23. The predicted octanol–water partition coefficient (Wildman–Crippen LogP) is 2.20. The van der Waals surface area contributed by atoms with Crippen LogP contribution in [0.2, 0.25) is 0 Å². The molecule has 1 aromatic rings. The molecule has 3 atom stereocenters. The first kappa shape index (κ1) is 9.76. The lowest BCUT2D eigenvalue weighted by Crippen LogP contribution is -2.16. The van der Waals surface area contributed by atoms with E-state index in [4.69, 9.17) is 5.73 Å². The van der Waals surface area contributed by atoms with Gasteiger partial charge in [0.1, 0.15) is 0 Å². The lowest BCUT2D eigenvalue weighted by Gasteiger charge is -2.06. The van der Waals surface area contributed by atoms with E-state index in [1.54, 1.807) is 0 Å². The molecular formula is C14H18N2. The van der Waals surface area contributed by atoms with Crippen molar-refractivity contribution in [1.82, 2.24) is 5.32 Å². The predicted molar refractivity (Wildman–Crippen MR) is 65.7 cm³/mol. The summed E-state index contributed by atoms with van der Waals surface area (Å²) >= 11 is 0. The summed E-state index contributed by atoms with van der Waals surface area (Å²) in [6.07, 6.45) is 4.82. The Labute approximate surface area is 96.5 Å². The van der Waals surface area contributed by atoms with Gasteiger partial charge in [-0.15, -0.1) is 0 Å². The molecule has 0 amide bonds. The Kier molecular flexibility index (Phi) is 2.35. The highest BCUT2D eigenvalue weighted by Gasteiger charge is 2.39. The number of nitrogens with two attached hydrogens (primary N) is 1. The van der Waals surface area contributed by atoms with Gasteiger partial charge in [0, 0.05) is 6.54 Å². The second-order valence-corrected chi connectivity index (χ2v) is 5.01. The summed E-state index contributed by atoms with van der Waals surface area (Å²) in [6.45, 7) is 1.03. The van der Waals surface area contributed by atoms with Gasteiger partial charge in [0.25, 0.3) is 0 Å². The van der Waals surface area contributed by atoms with Crippen LogP contribution in [0.5, 0.6) is 0 Å². The third-order valence-corrected chi connectivity index (χ3v) is 3.74. The molecule has 0 radical (unpaired) electrons. The Morgan fingerprint density at radius 1 is 1.25 bits per heavy atom. The van der Waals surface area contributed by atoms with E-state index in [0.29, 0.717) is 5.92 Å². The van der Waals surface area contributed by atoms with Crippen LogP contribution in [0.15, 0.2) is 42.2 Å². The van der Waals surface area contributed by atoms with Gasteiger partial charge in [-0.05, 0) is 42.2 Å². The lowest BCUT2D eigenvalue weighted by molar-refractivity contribution is 0.545. The molecule has 1 aliphatic carbocycles. The molecule has 3 rings (SSSR count). The Morgan fingerprint density at radius 3 is 2.75 bits per heavy atom. The van der Waals surface area contributed by atoms with E-state index in [1.165, 1.54) is 18.4 Å². The minimum atomic E-state index is 0.652. The zero-order valence-corrected chi connectivity index (χ0v) is 9.39. The molecule has 2 unspecified atom stereocenters. The molecule has 2 heteroatoms. The van der Waals surface area contributed by atoms with Crippen LogP contribution >= 0.6 is 0 Å². The van der Waals surface area contributed by atoms with Crippen LogP contribution in [0.25, 0.3) is 0 Å². The Bertz CT molecular complexity index is 396. The van der Waals surface area contributed by atoms with Crippen LogP contribution < -0.4 is 11.1 Å². The first-order valence-electron chi connectivity index (χ1n) is 6.09. The summed E-state index contributed by atoms with van der Waals surface area (Å²) in [5, 5.41) is 3.20. The molecule has 84 valence electrons. The lowest BCUT2D eigenvalue weighted by atomic mass is 10.0. The second-order valence-electron chi connectivity index (χ2n) is 5.01. The molecule has 1 aliphatic heterocycles. The van der Waals surface area contributed by atoms with E-state index in [-0.39, 0.29) is 0 Å². The van der Waals surface area contributed by atoms with Gasteiger partial charge in [-0.2, -0.15) is 0 Å². The maximum atomic E-state index is 5.72. The molecule has 1 fully saturated rings. The van der Waals surface area contributed by atoms with Crippen molar-refractivity contribution in [2.75, 3.05) is 6.54 Å². The highest BCUT2D eigenvalue weighted by atomic mass is 15.0. The fraction of sp³-hybridized carbons (Fsp3) is 0.429. The van der Waals surface area contributed by atoms with E-state index < -0.39 is 0 Å². The van der Waals surface area contributed by atoms with Crippen molar-refractivity contribution in [2.45, 2.75) is 18.8 Å². The first-order valence-corrected chi connectivity index (χ1v) is 6.09. The van der Waals surface area contributed by atoms with Crippen LogP contribution in [0.4, 0.5) is 0 Å². The van der Waals surface area contributed by atoms with Gasteiger partial charge in [0.2, 0.25) is 0 Å². The molecule has 2 aliphatic rings. The fourth-order valence-corrected chi connectivity index (χ4v) is 2.78. The molecule has 2 nitrogen and oxygen atoms in total. The van der Waals surface area contributed by atoms with E-state index >= 15 is 0 Å². The van der Waals surface area contributed by atoms with Gasteiger partial charge in [0.05, 0.1) is 5.82 Å². The van der Waals surface area contributed by atoms with E-state index in [0.717, 1.165) is 24.2 Å². The van der Waals surface area contributed by atoms with Crippen molar-refractivity contribution >= 4 is 0 Å². The number of nitrogens with one attached hydrogen (secondary N) is 1. The third kappa shape index (κ3) is 1.92. The zero-order chi connectivity index (χ0) is 11.0. The molecule has 1 saturated carbocycles. The Morgan fingerprint density at radius 2 is 2.06 bits per heavy atom. The second kappa shape index (κ2) is 3.85. The SMILES string of the molecule is NC1=C[C@H](CC2CC2c2ccccc2)CN1. The highest BCUT2D eigenvalue weighted by molar-refractivity contribution is 5.26. The number of hydrogen-bond acceptors (Lipinski definition) is 2. The molecule has 1 heterocycles. The molecule has 16 heavy (non-hydrogen) atoms. The number of rotatable bonds is 3. The number of hydrogen-bond donors (Lipinski definition) is 2. The summed E-state index contributed by atoms with van der Waals surface area (Å²) in [6, 6.07) is 10.9. The fourth-order valence-electron chi connectivity index (χ4n) is 2.78. The number of benzene rings is 1. The Hall–Kier alpha value is -1.44. The first-order chi connectivity index (χ1) is 7.83. The van der Waals surface area contributed by atoms with Gasteiger partial charge in [-0.1, -0.05) is 30.3 Å². The van der Waals surface area contributed by atoms with E-state index in [9.17, 15) is 0 Å². The minimum absolute atomic E-state index is 0.652. The van der Waals surface area contributed by atoms with Crippen LogP contribution in [0.3, 0.4) is 0 Å². The van der Waals surface area contributed by atoms with Gasteiger partial charge in [-0.25, -0.2) is 0 Å².